The first-order valence-electron chi connectivity index (χ1n) is 14.6. The van der Waals surface area contributed by atoms with E-state index in [1.165, 1.54) is 12.1 Å². The van der Waals surface area contributed by atoms with Gasteiger partial charge in [0.2, 0.25) is 0 Å². The van der Waals surface area contributed by atoms with Gasteiger partial charge in [-0.05, 0) is 55.0 Å². The van der Waals surface area contributed by atoms with Gasteiger partial charge in [0.05, 0.1) is 11.9 Å². The molecule has 4 N–H and O–H groups in total. The number of carboxylic acid groups (broad SMARTS) is 1. The molecule has 2 aromatic carbocycles. The fraction of sp³-hybridized carbons (Fsp3) is 0.323. The molecular formula is C31H34F2N8O5. The van der Waals surface area contributed by atoms with Crippen molar-refractivity contribution in [3.63, 3.8) is 0 Å². The fourth-order valence-electron chi connectivity index (χ4n) is 5.27. The maximum absolute atomic E-state index is 13.3. The molecule has 0 bridgehead atoms. The number of aromatic nitrogens is 3. The summed E-state index contributed by atoms with van der Waals surface area (Å²) < 4.78 is 31.3. The predicted molar refractivity (Wildman–Crippen MR) is 165 cm³/mol. The summed E-state index contributed by atoms with van der Waals surface area (Å²) in [6.07, 6.45) is 5.10. The number of benzene rings is 2. The molecule has 4 aromatic rings. The van der Waals surface area contributed by atoms with E-state index in [0.29, 0.717) is 55.7 Å². The zero-order valence-corrected chi connectivity index (χ0v) is 25.0. The molecule has 13 nitrogen and oxygen atoms in total. The number of urea groups is 1. The van der Waals surface area contributed by atoms with Crippen molar-refractivity contribution in [2.75, 3.05) is 51.1 Å². The smallest absolute Gasteiger partial charge is 0.387 e. The number of carbonyl (C=O) groups is 3. The first-order valence-corrected chi connectivity index (χ1v) is 14.6. The molecule has 0 aliphatic carbocycles. The van der Waals surface area contributed by atoms with Gasteiger partial charge in [0.15, 0.2) is 11.5 Å². The van der Waals surface area contributed by atoms with Gasteiger partial charge in [-0.2, -0.15) is 8.78 Å². The van der Waals surface area contributed by atoms with Gasteiger partial charge in [-0.15, -0.1) is 0 Å². The van der Waals surface area contributed by atoms with Crippen molar-refractivity contribution in [3.05, 3.63) is 72.2 Å². The lowest BCUT2D eigenvalue weighted by Gasteiger charge is -2.35. The second-order valence-corrected chi connectivity index (χ2v) is 10.8. The summed E-state index contributed by atoms with van der Waals surface area (Å²) in [7, 11) is 0. The number of nitrogens with zero attached hydrogens (tertiary/aromatic N) is 5. The van der Waals surface area contributed by atoms with Gasteiger partial charge < -0.3 is 35.6 Å². The van der Waals surface area contributed by atoms with Crippen molar-refractivity contribution in [1.82, 2.24) is 34.8 Å². The van der Waals surface area contributed by atoms with Crippen molar-refractivity contribution >= 4 is 35.6 Å². The van der Waals surface area contributed by atoms with Crippen molar-refractivity contribution < 1.29 is 33.0 Å². The van der Waals surface area contributed by atoms with Gasteiger partial charge >= 0.3 is 12.6 Å². The number of nitrogens with one attached hydrogen (secondary N) is 3. The third-order valence-electron chi connectivity index (χ3n) is 7.78. The molecule has 2 saturated heterocycles. The molecule has 15 heteroatoms. The van der Waals surface area contributed by atoms with Crippen LogP contribution in [0.5, 0.6) is 5.75 Å². The molecule has 3 amide bonds. The van der Waals surface area contributed by atoms with E-state index >= 15 is 0 Å². The molecule has 0 radical (unpaired) electrons. The van der Waals surface area contributed by atoms with Crippen LogP contribution in [-0.2, 0) is 4.79 Å². The van der Waals surface area contributed by atoms with Crippen LogP contribution in [0.4, 0.5) is 25.1 Å². The maximum Gasteiger partial charge on any atom is 0.387 e. The van der Waals surface area contributed by atoms with Crippen molar-refractivity contribution in [1.29, 1.82) is 0 Å². The first-order chi connectivity index (χ1) is 22.3. The largest absolute Gasteiger partial charge is 0.483 e. The summed E-state index contributed by atoms with van der Waals surface area (Å²) in [4.78, 5) is 46.7. The summed E-state index contributed by atoms with van der Waals surface area (Å²) in [5.74, 6) is 1.03. The Kier molecular flexibility index (Phi) is 10.2. The minimum Gasteiger partial charge on any atom is -0.483 e. The first kappa shape index (κ1) is 32.1. The average Bonchev–Trinajstić information content (AvgIpc) is 3.46. The molecule has 0 unspecified atom stereocenters. The molecule has 0 spiro atoms. The number of rotatable bonds is 8. The SMILES string of the molecule is Cc1cc(Nc2nccn3c(-c4ccc(OC(F)F)cc4)cnc23)ccc1C(=O)N1CCN(C(=O)NCC2CNC2)CC1.O=CO. The molecule has 2 fully saturated rings. The Hall–Kier alpha value is -5.31. The lowest BCUT2D eigenvalue weighted by atomic mass is 10.0. The van der Waals surface area contributed by atoms with E-state index in [1.54, 1.807) is 46.6 Å². The van der Waals surface area contributed by atoms with E-state index < -0.39 is 6.61 Å². The van der Waals surface area contributed by atoms with E-state index in [9.17, 15) is 18.4 Å². The Morgan fingerprint density at radius 1 is 1.09 bits per heavy atom. The van der Waals surface area contributed by atoms with Gasteiger partial charge in [-0.25, -0.2) is 14.8 Å². The molecule has 2 aliphatic heterocycles. The van der Waals surface area contributed by atoms with Crippen molar-refractivity contribution in [2.24, 2.45) is 5.92 Å². The van der Waals surface area contributed by atoms with E-state index in [2.05, 4.69) is 30.7 Å². The van der Waals surface area contributed by atoms with Crippen LogP contribution in [0.2, 0.25) is 0 Å². The second kappa shape index (κ2) is 14.6. The van der Waals surface area contributed by atoms with Crippen LogP contribution in [0.25, 0.3) is 16.9 Å². The third kappa shape index (κ3) is 7.48. The summed E-state index contributed by atoms with van der Waals surface area (Å²) in [6, 6.07) is 11.8. The number of hydrogen-bond acceptors (Lipinski definition) is 8. The van der Waals surface area contributed by atoms with Crippen molar-refractivity contribution in [3.8, 4) is 17.0 Å². The van der Waals surface area contributed by atoms with Crippen LogP contribution in [0.15, 0.2) is 61.1 Å². The highest BCUT2D eigenvalue weighted by atomic mass is 19.3. The van der Waals surface area contributed by atoms with Gasteiger partial charge in [0.25, 0.3) is 12.4 Å². The lowest BCUT2D eigenvalue weighted by Crippen LogP contribution is -2.55. The number of alkyl halides is 2. The quantitative estimate of drug-likeness (QED) is 0.213. The van der Waals surface area contributed by atoms with E-state index in [-0.39, 0.29) is 24.2 Å². The van der Waals surface area contributed by atoms with Gasteiger partial charge in [0.1, 0.15) is 5.75 Å². The van der Waals surface area contributed by atoms with Crippen LogP contribution in [0.3, 0.4) is 0 Å². The average molecular weight is 637 g/mol. The van der Waals surface area contributed by atoms with Gasteiger partial charge in [-0.1, -0.05) is 0 Å². The topological polar surface area (TPSA) is 153 Å². The van der Waals surface area contributed by atoms with E-state index in [4.69, 9.17) is 9.90 Å². The van der Waals surface area contributed by atoms with Crippen LogP contribution in [-0.4, -0.2) is 100 Å². The molecule has 2 aliphatic rings. The van der Waals surface area contributed by atoms with Crippen molar-refractivity contribution in [2.45, 2.75) is 13.5 Å². The maximum atomic E-state index is 13.3. The number of piperazine rings is 1. The Bertz CT molecular complexity index is 1670. The number of aryl methyl sites for hydroxylation is 1. The summed E-state index contributed by atoms with van der Waals surface area (Å²) in [5.41, 5.74) is 4.28. The fourth-order valence-corrected chi connectivity index (χ4v) is 5.27. The zero-order valence-electron chi connectivity index (χ0n) is 25.0. The number of halogens is 2. The minimum atomic E-state index is -2.88. The number of carbonyl (C=O) groups excluding carboxylic acids is 2. The Balaban J connectivity index is 0.00000134. The third-order valence-corrected chi connectivity index (χ3v) is 7.78. The van der Waals surface area contributed by atoms with Crippen LogP contribution >= 0.6 is 0 Å². The Morgan fingerprint density at radius 2 is 1.78 bits per heavy atom. The molecule has 6 rings (SSSR count). The van der Waals surface area contributed by atoms with Crippen LogP contribution in [0.1, 0.15) is 15.9 Å². The molecule has 242 valence electrons. The van der Waals surface area contributed by atoms with Gasteiger partial charge in [-0.3, -0.25) is 14.0 Å². The van der Waals surface area contributed by atoms with Crippen LogP contribution in [0, 0.1) is 12.8 Å². The van der Waals surface area contributed by atoms with Crippen LogP contribution < -0.4 is 20.7 Å². The van der Waals surface area contributed by atoms with E-state index in [0.717, 1.165) is 35.6 Å². The number of anilines is 2. The highest BCUT2D eigenvalue weighted by Crippen LogP contribution is 2.28. The zero-order chi connectivity index (χ0) is 32.6. The monoisotopic (exact) mass is 636 g/mol. The molecular weight excluding hydrogens is 602 g/mol. The number of amides is 3. The molecule has 4 heterocycles. The molecule has 0 saturated carbocycles. The Labute approximate surface area is 263 Å². The number of imidazole rings is 1. The summed E-state index contributed by atoms with van der Waals surface area (Å²) in [5, 5.41) is 16.4. The number of ether oxygens (including phenoxy) is 1. The highest BCUT2D eigenvalue weighted by Gasteiger charge is 2.26. The summed E-state index contributed by atoms with van der Waals surface area (Å²) >= 11 is 0. The predicted octanol–water partition coefficient (Wildman–Crippen LogP) is 3.44. The Morgan fingerprint density at radius 3 is 2.41 bits per heavy atom. The lowest BCUT2D eigenvalue weighted by molar-refractivity contribution is -0.122. The number of hydrogen-bond donors (Lipinski definition) is 4. The molecule has 2 aromatic heterocycles. The molecule has 0 atom stereocenters. The minimum absolute atomic E-state index is 0.0623. The number of fused-ring (bicyclic) bond motifs is 1. The second-order valence-electron chi connectivity index (χ2n) is 10.8. The summed E-state index contributed by atoms with van der Waals surface area (Å²) in [6.45, 7) is 3.25. The molecule has 46 heavy (non-hydrogen) atoms. The van der Waals surface area contributed by atoms with Gasteiger partial charge in [0, 0.05) is 80.9 Å². The standard InChI is InChI=1S/C30H32F2N8O3.CH2O2/c1-19-14-22(4-7-24(19)28(41)38-10-12-39(13-11-38)30(42)36-17-20-15-33-16-20)37-26-27-35-18-25(40(27)9-8-34-26)21-2-5-23(6-3-21)43-29(31)32;2-1-3/h2-9,14,18,20,29,33H,10-13,15-17H2,1H3,(H,34,37)(H,36,42);1H,(H,2,3). The highest BCUT2D eigenvalue weighted by molar-refractivity contribution is 5.96. The van der Waals surface area contributed by atoms with E-state index in [1.807, 2.05) is 23.5 Å². The normalized spacial score (nSPS) is 14.7.